The van der Waals surface area contributed by atoms with Crippen molar-refractivity contribution >= 4 is 39.3 Å². The minimum absolute atomic E-state index is 0.797. The summed E-state index contributed by atoms with van der Waals surface area (Å²) in [4.78, 5) is 1.15. The molecule has 16 heavy (non-hydrogen) atoms. The van der Waals surface area contributed by atoms with Crippen molar-refractivity contribution < 1.29 is 0 Å². The lowest BCUT2D eigenvalue weighted by atomic mass is 10.2. The predicted octanol–water partition coefficient (Wildman–Crippen LogP) is 4.13. The van der Waals surface area contributed by atoms with E-state index in [2.05, 4.69) is 21.0 Å². The highest BCUT2D eigenvalue weighted by molar-refractivity contribution is 9.10. The number of thioether (sulfide) groups is 1. The molecule has 2 rings (SSSR count). The first-order valence-corrected chi connectivity index (χ1v) is 6.86. The molecule has 0 aliphatic rings. The van der Waals surface area contributed by atoms with Gasteiger partial charge in [-0.1, -0.05) is 33.6 Å². The first kappa shape index (κ1) is 12.0. The molecule has 0 N–H and O–H groups in total. The lowest BCUT2D eigenvalue weighted by Crippen LogP contribution is -1.84. The smallest absolute Gasteiger partial charge is 0.0625 e. The standard InChI is InChI=1S/C11H10BrClN2S/c1-15-6-10(5-14-15)16-7-8-2-3-9(12)4-11(8)13/h2-6H,7H2,1H3. The molecule has 0 amide bonds. The SMILES string of the molecule is Cn1cc(SCc2ccc(Br)cc2Cl)cn1. The summed E-state index contributed by atoms with van der Waals surface area (Å²) in [5.41, 5.74) is 1.14. The highest BCUT2D eigenvalue weighted by atomic mass is 79.9. The van der Waals surface area contributed by atoms with Crippen LogP contribution in [-0.4, -0.2) is 9.78 Å². The van der Waals surface area contributed by atoms with E-state index in [1.165, 1.54) is 0 Å². The van der Waals surface area contributed by atoms with Gasteiger partial charge in [-0.2, -0.15) is 5.10 Å². The summed E-state index contributed by atoms with van der Waals surface area (Å²) < 4.78 is 2.80. The van der Waals surface area contributed by atoms with Crippen LogP contribution in [0.15, 0.2) is 40.0 Å². The van der Waals surface area contributed by atoms with E-state index < -0.39 is 0 Å². The summed E-state index contributed by atoms with van der Waals surface area (Å²) in [5, 5.41) is 4.92. The van der Waals surface area contributed by atoms with Gasteiger partial charge in [0.2, 0.25) is 0 Å². The van der Waals surface area contributed by atoms with Crippen molar-refractivity contribution in [3.05, 3.63) is 45.7 Å². The number of hydrogen-bond acceptors (Lipinski definition) is 2. The Morgan fingerprint density at radius 3 is 2.94 bits per heavy atom. The van der Waals surface area contributed by atoms with Crippen LogP contribution in [0.2, 0.25) is 5.02 Å². The normalized spacial score (nSPS) is 10.7. The maximum Gasteiger partial charge on any atom is 0.0625 e. The van der Waals surface area contributed by atoms with Gasteiger partial charge in [-0.3, -0.25) is 4.68 Å². The lowest BCUT2D eigenvalue weighted by molar-refractivity contribution is 0.766. The topological polar surface area (TPSA) is 17.8 Å². The van der Waals surface area contributed by atoms with E-state index in [1.54, 1.807) is 16.4 Å². The molecule has 1 heterocycles. The fourth-order valence-electron chi connectivity index (χ4n) is 1.27. The molecule has 0 atom stereocenters. The van der Waals surface area contributed by atoms with E-state index in [9.17, 15) is 0 Å². The van der Waals surface area contributed by atoms with Crippen LogP contribution in [0.5, 0.6) is 0 Å². The molecule has 0 aliphatic carbocycles. The van der Waals surface area contributed by atoms with Crippen molar-refractivity contribution in [3.63, 3.8) is 0 Å². The second-order valence-corrected chi connectivity index (χ2v) is 5.75. The van der Waals surface area contributed by atoms with Crippen LogP contribution in [0.4, 0.5) is 0 Å². The fraction of sp³-hybridized carbons (Fsp3) is 0.182. The summed E-state index contributed by atoms with van der Waals surface area (Å²) >= 11 is 11.3. The zero-order chi connectivity index (χ0) is 11.5. The molecule has 1 aromatic carbocycles. The van der Waals surface area contributed by atoms with E-state index in [0.717, 1.165) is 25.7 Å². The van der Waals surface area contributed by atoms with Crippen molar-refractivity contribution in [3.8, 4) is 0 Å². The van der Waals surface area contributed by atoms with Gasteiger partial charge in [0, 0.05) is 33.4 Å². The van der Waals surface area contributed by atoms with Crippen LogP contribution < -0.4 is 0 Å². The first-order chi connectivity index (χ1) is 7.65. The Morgan fingerprint density at radius 2 is 2.31 bits per heavy atom. The molecule has 0 fully saturated rings. The van der Waals surface area contributed by atoms with Crippen molar-refractivity contribution in [2.24, 2.45) is 7.05 Å². The van der Waals surface area contributed by atoms with E-state index in [0.29, 0.717) is 0 Å². The zero-order valence-corrected chi connectivity index (χ0v) is 11.8. The average molecular weight is 318 g/mol. The number of rotatable bonds is 3. The predicted molar refractivity (Wildman–Crippen MR) is 71.9 cm³/mol. The summed E-state index contributed by atoms with van der Waals surface area (Å²) in [6.07, 6.45) is 3.86. The van der Waals surface area contributed by atoms with Crippen LogP contribution in [0.25, 0.3) is 0 Å². The molecule has 0 bridgehead atoms. The Morgan fingerprint density at radius 1 is 1.50 bits per heavy atom. The Hall–Kier alpha value is -0.450. The molecule has 0 spiro atoms. The molecular formula is C11H10BrClN2S. The highest BCUT2D eigenvalue weighted by Crippen LogP contribution is 2.28. The molecule has 2 aromatic rings. The van der Waals surface area contributed by atoms with Crippen molar-refractivity contribution in [2.45, 2.75) is 10.6 Å². The quantitative estimate of drug-likeness (QED) is 0.792. The Bertz CT molecular complexity index is 498. The summed E-state index contributed by atoms with van der Waals surface area (Å²) in [6.45, 7) is 0. The van der Waals surface area contributed by atoms with E-state index in [-0.39, 0.29) is 0 Å². The minimum Gasteiger partial charge on any atom is -0.275 e. The number of benzene rings is 1. The third-order valence-corrected chi connectivity index (χ3v) is 3.94. The lowest BCUT2D eigenvalue weighted by Gasteiger charge is -2.03. The van der Waals surface area contributed by atoms with E-state index in [1.807, 2.05) is 37.6 Å². The van der Waals surface area contributed by atoms with Gasteiger partial charge in [0.05, 0.1) is 6.20 Å². The van der Waals surface area contributed by atoms with Gasteiger partial charge < -0.3 is 0 Å². The van der Waals surface area contributed by atoms with Crippen LogP contribution >= 0.6 is 39.3 Å². The van der Waals surface area contributed by atoms with Gasteiger partial charge in [0.1, 0.15) is 0 Å². The van der Waals surface area contributed by atoms with Gasteiger partial charge in [-0.25, -0.2) is 0 Å². The number of hydrogen-bond donors (Lipinski definition) is 0. The molecule has 1 aromatic heterocycles. The molecule has 0 radical (unpaired) electrons. The van der Waals surface area contributed by atoms with Gasteiger partial charge in [0.15, 0.2) is 0 Å². The summed E-state index contributed by atoms with van der Waals surface area (Å²) in [5.74, 6) is 0.859. The molecular weight excluding hydrogens is 308 g/mol. The van der Waals surface area contributed by atoms with Crippen LogP contribution in [0, 0.1) is 0 Å². The number of aromatic nitrogens is 2. The van der Waals surface area contributed by atoms with Crippen LogP contribution in [0.3, 0.4) is 0 Å². The Balaban J connectivity index is 2.04. The largest absolute Gasteiger partial charge is 0.275 e. The zero-order valence-electron chi connectivity index (χ0n) is 8.65. The van der Waals surface area contributed by atoms with Crippen LogP contribution in [0.1, 0.15) is 5.56 Å². The second kappa shape index (κ2) is 5.25. The van der Waals surface area contributed by atoms with Gasteiger partial charge in [-0.15, -0.1) is 11.8 Å². The Labute approximate surface area is 112 Å². The van der Waals surface area contributed by atoms with Crippen molar-refractivity contribution in [1.29, 1.82) is 0 Å². The average Bonchev–Trinajstić information content (AvgIpc) is 2.63. The van der Waals surface area contributed by atoms with Gasteiger partial charge in [-0.05, 0) is 17.7 Å². The molecule has 84 valence electrons. The van der Waals surface area contributed by atoms with Crippen LogP contribution in [-0.2, 0) is 12.8 Å². The molecule has 0 saturated carbocycles. The van der Waals surface area contributed by atoms with E-state index in [4.69, 9.17) is 11.6 Å². The second-order valence-electron chi connectivity index (χ2n) is 3.37. The van der Waals surface area contributed by atoms with Gasteiger partial charge >= 0.3 is 0 Å². The fourth-order valence-corrected chi connectivity index (χ4v) is 3.02. The molecule has 2 nitrogen and oxygen atoms in total. The highest BCUT2D eigenvalue weighted by Gasteiger charge is 2.03. The van der Waals surface area contributed by atoms with Gasteiger partial charge in [0.25, 0.3) is 0 Å². The monoisotopic (exact) mass is 316 g/mol. The third-order valence-electron chi connectivity index (χ3n) is 2.09. The molecule has 0 unspecified atom stereocenters. The maximum absolute atomic E-state index is 6.14. The Kier molecular flexibility index (Phi) is 3.95. The number of halogens is 2. The molecule has 0 saturated heterocycles. The summed E-state index contributed by atoms with van der Waals surface area (Å²) in [7, 11) is 1.91. The molecule has 0 aliphatic heterocycles. The van der Waals surface area contributed by atoms with Crippen molar-refractivity contribution in [1.82, 2.24) is 9.78 Å². The van der Waals surface area contributed by atoms with E-state index >= 15 is 0 Å². The number of nitrogens with zero attached hydrogens (tertiary/aromatic N) is 2. The minimum atomic E-state index is 0.797. The number of aryl methyl sites for hydroxylation is 1. The van der Waals surface area contributed by atoms with Crippen molar-refractivity contribution in [2.75, 3.05) is 0 Å². The maximum atomic E-state index is 6.14. The molecule has 5 heteroatoms. The third kappa shape index (κ3) is 3.03. The summed E-state index contributed by atoms with van der Waals surface area (Å²) in [6, 6.07) is 5.96. The first-order valence-electron chi connectivity index (χ1n) is 4.70.